The molecule has 1 aromatic carbocycles. The molecule has 0 saturated heterocycles. The van der Waals surface area contributed by atoms with Crippen LogP contribution in [-0.4, -0.2) is 19.7 Å². The predicted octanol–water partition coefficient (Wildman–Crippen LogP) is 4.26. The Labute approximate surface area is 123 Å². The van der Waals surface area contributed by atoms with E-state index in [4.69, 9.17) is 4.74 Å². The summed E-state index contributed by atoms with van der Waals surface area (Å²) < 4.78 is 5.81. The van der Waals surface area contributed by atoms with Crippen molar-refractivity contribution in [3.8, 4) is 5.75 Å². The number of rotatable bonds is 10. The molecule has 0 bridgehead atoms. The molecular weight excluding hydrogens is 246 g/mol. The minimum Gasteiger partial charge on any atom is -0.494 e. The molecule has 1 aliphatic rings. The maximum atomic E-state index is 5.81. The normalized spacial score (nSPS) is 17.7. The summed E-state index contributed by atoms with van der Waals surface area (Å²) in [5, 5.41) is 3.61. The number of ether oxygens (including phenoxy) is 1. The van der Waals surface area contributed by atoms with Crippen molar-refractivity contribution in [3.05, 3.63) is 30.3 Å². The van der Waals surface area contributed by atoms with Gasteiger partial charge in [0.05, 0.1) is 6.61 Å². The Kier molecular flexibility index (Phi) is 5.90. The van der Waals surface area contributed by atoms with Gasteiger partial charge in [-0.1, -0.05) is 32.0 Å². The molecule has 1 atom stereocenters. The lowest BCUT2D eigenvalue weighted by molar-refractivity contribution is 0.205. The molecule has 2 nitrogen and oxygen atoms in total. The largest absolute Gasteiger partial charge is 0.494 e. The first kappa shape index (κ1) is 15.4. The molecule has 0 aliphatic heterocycles. The van der Waals surface area contributed by atoms with Crippen molar-refractivity contribution in [2.45, 2.75) is 46.0 Å². The zero-order chi connectivity index (χ0) is 14.3. The molecule has 1 unspecified atom stereocenters. The number of nitrogens with one attached hydrogen (secondary N) is 1. The summed E-state index contributed by atoms with van der Waals surface area (Å²) in [5.74, 6) is 1.92. The van der Waals surface area contributed by atoms with E-state index in [-0.39, 0.29) is 0 Å². The van der Waals surface area contributed by atoms with E-state index < -0.39 is 0 Å². The maximum Gasteiger partial charge on any atom is 0.119 e. The molecule has 112 valence electrons. The fraction of sp³-hybridized carbons (Fsp3) is 0.667. The van der Waals surface area contributed by atoms with Gasteiger partial charge in [0.15, 0.2) is 0 Å². The molecule has 0 radical (unpaired) electrons. The SMILES string of the molecule is CCCNCC(C)(CCCOc1ccccc1)C1CC1. The average Bonchev–Trinajstić information content (AvgIpc) is 3.30. The second-order valence-corrected chi connectivity index (χ2v) is 6.37. The Morgan fingerprint density at radius 2 is 2.00 bits per heavy atom. The standard InChI is InChI=1S/C18H29NO/c1-3-13-19-15-18(2,16-10-11-16)12-7-14-20-17-8-5-4-6-9-17/h4-6,8-9,16,19H,3,7,10-15H2,1-2H3. The van der Waals surface area contributed by atoms with E-state index in [2.05, 4.69) is 19.2 Å². The highest BCUT2D eigenvalue weighted by molar-refractivity contribution is 5.20. The number of hydrogen-bond acceptors (Lipinski definition) is 2. The van der Waals surface area contributed by atoms with E-state index in [9.17, 15) is 0 Å². The summed E-state index contributed by atoms with van der Waals surface area (Å²) in [6.07, 6.45) is 6.47. The molecule has 2 rings (SSSR count). The molecule has 0 aromatic heterocycles. The monoisotopic (exact) mass is 275 g/mol. The van der Waals surface area contributed by atoms with Crippen LogP contribution in [0.15, 0.2) is 30.3 Å². The zero-order valence-electron chi connectivity index (χ0n) is 13.0. The Morgan fingerprint density at radius 3 is 2.65 bits per heavy atom. The van der Waals surface area contributed by atoms with Crippen LogP contribution in [0.5, 0.6) is 5.75 Å². The minimum atomic E-state index is 0.467. The molecule has 0 spiro atoms. The summed E-state index contributed by atoms with van der Waals surface area (Å²) in [6, 6.07) is 10.1. The van der Waals surface area contributed by atoms with Crippen molar-refractivity contribution in [2.24, 2.45) is 11.3 Å². The van der Waals surface area contributed by atoms with Crippen LogP contribution in [0, 0.1) is 11.3 Å². The highest BCUT2D eigenvalue weighted by atomic mass is 16.5. The van der Waals surface area contributed by atoms with E-state index >= 15 is 0 Å². The van der Waals surface area contributed by atoms with Gasteiger partial charge >= 0.3 is 0 Å². The lowest BCUT2D eigenvalue weighted by Crippen LogP contribution is -2.34. The van der Waals surface area contributed by atoms with Crippen molar-refractivity contribution in [1.82, 2.24) is 5.32 Å². The fourth-order valence-electron chi connectivity index (χ4n) is 2.95. The van der Waals surface area contributed by atoms with E-state index in [0.29, 0.717) is 5.41 Å². The molecule has 1 aliphatic carbocycles. The first-order valence-electron chi connectivity index (χ1n) is 8.13. The van der Waals surface area contributed by atoms with Gasteiger partial charge in [0.25, 0.3) is 0 Å². The smallest absolute Gasteiger partial charge is 0.119 e. The third-order valence-electron chi connectivity index (χ3n) is 4.42. The van der Waals surface area contributed by atoms with Gasteiger partial charge in [-0.25, -0.2) is 0 Å². The van der Waals surface area contributed by atoms with Crippen molar-refractivity contribution in [1.29, 1.82) is 0 Å². The number of benzene rings is 1. The Balaban J connectivity index is 1.69. The maximum absolute atomic E-state index is 5.81. The van der Waals surface area contributed by atoms with Crippen molar-refractivity contribution in [3.63, 3.8) is 0 Å². The van der Waals surface area contributed by atoms with E-state index in [1.165, 1.54) is 25.7 Å². The Hall–Kier alpha value is -1.02. The van der Waals surface area contributed by atoms with Crippen LogP contribution in [0.25, 0.3) is 0 Å². The van der Waals surface area contributed by atoms with Crippen molar-refractivity contribution < 1.29 is 4.74 Å². The van der Waals surface area contributed by atoms with Gasteiger partial charge in [-0.15, -0.1) is 0 Å². The second kappa shape index (κ2) is 7.68. The van der Waals surface area contributed by atoms with Crippen LogP contribution < -0.4 is 10.1 Å². The van der Waals surface area contributed by atoms with Gasteiger partial charge in [-0.2, -0.15) is 0 Å². The molecule has 2 heteroatoms. The van der Waals surface area contributed by atoms with Gasteiger partial charge in [0.2, 0.25) is 0 Å². The summed E-state index contributed by atoms with van der Waals surface area (Å²) in [7, 11) is 0. The molecule has 0 amide bonds. The Bertz CT molecular complexity index is 374. The minimum absolute atomic E-state index is 0.467. The van der Waals surface area contributed by atoms with Crippen molar-refractivity contribution in [2.75, 3.05) is 19.7 Å². The van der Waals surface area contributed by atoms with Gasteiger partial charge in [0.1, 0.15) is 5.75 Å². The summed E-state index contributed by atoms with van der Waals surface area (Å²) in [5.41, 5.74) is 0.467. The van der Waals surface area contributed by atoms with Gasteiger partial charge in [-0.05, 0) is 62.1 Å². The summed E-state index contributed by atoms with van der Waals surface area (Å²) in [4.78, 5) is 0. The molecule has 1 fully saturated rings. The van der Waals surface area contributed by atoms with Crippen LogP contribution in [0.2, 0.25) is 0 Å². The third kappa shape index (κ3) is 4.82. The summed E-state index contributed by atoms with van der Waals surface area (Å²) in [6.45, 7) is 7.82. The Morgan fingerprint density at radius 1 is 1.25 bits per heavy atom. The van der Waals surface area contributed by atoms with Crippen LogP contribution >= 0.6 is 0 Å². The molecule has 0 heterocycles. The highest BCUT2D eigenvalue weighted by Crippen LogP contribution is 2.47. The highest BCUT2D eigenvalue weighted by Gasteiger charge is 2.40. The lowest BCUT2D eigenvalue weighted by Gasteiger charge is -2.30. The topological polar surface area (TPSA) is 21.3 Å². The molecule has 1 aromatic rings. The zero-order valence-corrected chi connectivity index (χ0v) is 13.0. The lowest BCUT2D eigenvalue weighted by atomic mass is 9.80. The van der Waals surface area contributed by atoms with E-state index in [1.807, 2.05) is 30.3 Å². The molecular formula is C18H29NO. The van der Waals surface area contributed by atoms with Gasteiger partial charge in [-0.3, -0.25) is 0 Å². The van der Waals surface area contributed by atoms with E-state index in [0.717, 1.165) is 37.8 Å². The van der Waals surface area contributed by atoms with Crippen LogP contribution in [0.1, 0.15) is 46.0 Å². The van der Waals surface area contributed by atoms with Crippen molar-refractivity contribution >= 4 is 0 Å². The number of hydrogen-bond donors (Lipinski definition) is 1. The van der Waals surface area contributed by atoms with Gasteiger partial charge < -0.3 is 10.1 Å². The predicted molar refractivity (Wildman–Crippen MR) is 85.2 cm³/mol. The first-order chi connectivity index (χ1) is 9.74. The molecule has 1 N–H and O–H groups in total. The summed E-state index contributed by atoms with van der Waals surface area (Å²) >= 11 is 0. The second-order valence-electron chi connectivity index (χ2n) is 6.37. The average molecular weight is 275 g/mol. The molecule has 20 heavy (non-hydrogen) atoms. The van der Waals surface area contributed by atoms with Crippen LogP contribution in [0.4, 0.5) is 0 Å². The van der Waals surface area contributed by atoms with Crippen LogP contribution in [-0.2, 0) is 0 Å². The fourth-order valence-corrected chi connectivity index (χ4v) is 2.95. The third-order valence-corrected chi connectivity index (χ3v) is 4.42. The quantitative estimate of drug-likeness (QED) is 0.644. The first-order valence-corrected chi connectivity index (χ1v) is 8.13. The number of para-hydroxylation sites is 1. The molecule has 1 saturated carbocycles. The van der Waals surface area contributed by atoms with Gasteiger partial charge in [0, 0.05) is 6.54 Å². The van der Waals surface area contributed by atoms with Crippen LogP contribution in [0.3, 0.4) is 0 Å². The van der Waals surface area contributed by atoms with E-state index in [1.54, 1.807) is 0 Å².